The number of aromatic nitrogens is 3. The zero-order chi connectivity index (χ0) is 37.1. The molecule has 56 heavy (non-hydrogen) atoms. The van der Waals surface area contributed by atoms with Gasteiger partial charge >= 0.3 is 0 Å². The average Bonchev–Trinajstić information content (AvgIpc) is 3.80. The van der Waals surface area contributed by atoms with Gasteiger partial charge in [0.2, 0.25) is 0 Å². The number of rotatable bonds is 6. The molecule has 0 fully saturated rings. The SMILES string of the molecule is c1ccc(-c2nc(-c3ccccc3)nc(-c3cccc(-c4ccc(C5(c6ccc7oc8ccccc8c7c6)c6ccccc6-c6ccccc65)cc4)c3)n2)cc1. The third-order valence-corrected chi connectivity index (χ3v) is 11.2. The fourth-order valence-electron chi connectivity index (χ4n) is 8.67. The van der Waals surface area contributed by atoms with Gasteiger partial charge in [-0.2, -0.15) is 0 Å². The summed E-state index contributed by atoms with van der Waals surface area (Å²) in [6, 6.07) is 70.6. The highest BCUT2D eigenvalue weighted by Gasteiger charge is 2.46. The highest BCUT2D eigenvalue weighted by Crippen LogP contribution is 2.56. The summed E-state index contributed by atoms with van der Waals surface area (Å²) in [7, 11) is 0. The third kappa shape index (κ3) is 5.04. The Morgan fingerprint density at radius 3 is 1.48 bits per heavy atom. The number of hydrogen-bond donors (Lipinski definition) is 0. The predicted molar refractivity (Wildman–Crippen MR) is 226 cm³/mol. The molecule has 2 heterocycles. The molecule has 10 aromatic rings. The van der Waals surface area contributed by atoms with Gasteiger partial charge in [-0.3, -0.25) is 0 Å². The van der Waals surface area contributed by atoms with Crippen molar-refractivity contribution in [1.82, 2.24) is 15.0 Å². The second-order valence-corrected chi connectivity index (χ2v) is 14.3. The minimum Gasteiger partial charge on any atom is -0.456 e. The van der Waals surface area contributed by atoms with Crippen molar-refractivity contribution >= 4 is 21.9 Å². The predicted octanol–water partition coefficient (Wildman–Crippen LogP) is 12.8. The number of fused-ring (bicyclic) bond motifs is 6. The van der Waals surface area contributed by atoms with Gasteiger partial charge in [-0.1, -0.05) is 176 Å². The van der Waals surface area contributed by atoms with Crippen molar-refractivity contribution in [2.75, 3.05) is 0 Å². The fraction of sp³-hybridized carbons (Fsp3) is 0.0192. The Kier molecular flexibility index (Phi) is 7.36. The molecule has 0 unspecified atom stereocenters. The van der Waals surface area contributed by atoms with E-state index in [0.717, 1.165) is 49.8 Å². The Balaban J connectivity index is 1.05. The molecule has 4 nitrogen and oxygen atoms in total. The minimum atomic E-state index is -0.535. The van der Waals surface area contributed by atoms with E-state index in [9.17, 15) is 0 Å². The maximum atomic E-state index is 6.30. The Bertz CT molecular complexity index is 2970. The summed E-state index contributed by atoms with van der Waals surface area (Å²) in [6.45, 7) is 0. The van der Waals surface area contributed by atoms with Crippen LogP contribution in [-0.2, 0) is 5.41 Å². The lowest BCUT2D eigenvalue weighted by atomic mass is 9.67. The van der Waals surface area contributed by atoms with E-state index in [1.165, 1.54) is 33.4 Å². The Hall–Kier alpha value is -7.43. The number of para-hydroxylation sites is 1. The highest BCUT2D eigenvalue weighted by molar-refractivity contribution is 6.05. The van der Waals surface area contributed by atoms with Crippen LogP contribution in [0, 0.1) is 0 Å². The maximum absolute atomic E-state index is 6.30. The van der Waals surface area contributed by atoms with Gasteiger partial charge in [0.05, 0.1) is 5.41 Å². The summed E-state index contributed by atoms with van der Waals surface area (Å²) >= 11 is 0. The Morgan fingerprint density at radius 2 is 0.821 bits per heavy atom. The van der Waals surface area contributed by atoms with Gasteiger partial charge in [-0.25, -0.2) is 15.0 Å². The first kappa shape index (κ1) is 32.0. The second kappa shape index (κ2) is 12.9. The van der Waals surface area contributed by atoms with Gasteiger partial charge in [0, 0.05) is 27.5 Å². The molecule has 0 saturated heterocycles. The van der Waals surface area contributed by atoms with E-state index >= 15 is 0 Å². The molecule has 0 bridgehead atoms. The number of furan rings is 1. The Labute approximate surface area is 324 Å². The Morgan fingerprint density at radius 1 is 0.321 bits per heavy atom. The van der Waals surface area contributed by atoms with E-state index < -0.39 is 5.41 Å². The summed E-state index contributed by atoms with van der Waals surface area (Å²) in [5.74, 6) is 1.93. The van der Waals surface area contributed by atoms with Crippen LogP contribution in [0.1, 0.15) is 22.3 Å². The zero-order valence-corrected chi connectivity index (χ0v) is 30.3. The summed E-state index contributed by atoms with van der Waals surface area (Å²) in [6.07, 6.45) is 0. The van der Waals surface area contributed by atoms with Crippen molar-refractivity contribution in [2.24, 2.45) is 0 Å². The zero-order valence-electron chi connectivity index (χ0n) is 30.3. The normalized spacial score (nSPS) is 12.8. The topological polar surface area (TPSA) is 51.8 Å². The summed E-state index contributed by atoms with van der Waals surface area (Å²) in [4.78, 5) is 14.9. The van der Waals surface area contributed by atoms with E-state index in [4.69, 9.17) is 19.4 Å². The van der Waals surface area contributed by atoms with Crippen molar-refractivity contribution in [3.05, 3.63) is 222 Å². The van der Waals surface area contributed by atoms with Crippen LogP contribution in [0.15, 0.2) is 205 Å². The summed E-state index contributed by atoms with van der Waals surface area (Å²) in [5, 5.41) is 2.25. The molecule has 0 atom stereocenters. The maximum Gasteiger partial charge on any atom is 0.164 e. The average molecular weight is 716 g/mol. The molecule has 0 amide bonds. The number of hydrogen-bond acceptors (Lipinski definition) is 4. The van der Waals surface area contributed by atoms with Gasteiger partial charge in [0.1, 0.15) is 11.2 Å². The van der Waals surface area contributed by atoms with E-state index in [-0.39, 0.29) is 0 Å². The van der Waals surface area contributed by atoms with Crippen molar-refractivity contribution < 1.29 is 4.42 Å². The standard InChI is InChI=1S/C52H33N3O/c1-3-14-35(15-4-1)49-53-50(36-16-5-2-6-17-36)55-51(54-49)38-19-13-18-37(32-38)34-26-28-39(29-27-34)52(45-23-10-7-20-41(45)42-21-8-11-24-46(42)52)40-30-31-48-44(33-40)43-22-9-12-25-47(43)56-48/h1-33H. The van der Waals surface area contributed by atoms with Gasteiger partial charge in [-0.15, -0.1) is 0 Å². The first-order valence-corrected chi connectivity index (χ1v) is 18.9. The van der Waals surface area contributed by atoms with Crippen LogP contribution in [0.3, 0.4) is 0 Å². The molecule has 0 N–H and O–H groups in total. The van der Waals surface area contributed by atoms with E-state index in [1.807, 2.05) is 72.8 Å². The summed E-state index contributed by atoms with van der Waals surface area (Å²) < 4.78 is 6.30. The lowest BCUT2D eigenvalue weighted by Gasteiger charge is -2.34. The lowest BCUT2D eigenvalue weighted by Crippen LogP contribution is -2.28. The quantitative estimate of drug-likeness (QED) is 0.172. The van der Waals surface area contributed by atoms with Gasteiger partial charge in [0.25, 0.3) is 0 Å². The largest absolute Gasteiger partial charge is 0.456 e. The molecule has 11 rings (SSSR count). The smallest absolute Gasteiger partial charge is 0.164 e. The molecule has 0 spiro atoms. The molecule has 8 aromatic carbocycles. The lowest BCUT2D eigenvalue weighted by molar-refractivity contribution is 0.668. The molecule has 262 valence electrons. The van der Waals surface area contributed by atoms with Crippen molar-refractivity contribution in [3.63, 3.8) is 0 Å². The molecule has 1 aliphatic rings. The van der Waals surface area contributed by atoms with Crippen LogP contribution in [0.2, 0.25) is 0 Å². The van der Waals surface area contributed by atoms with Crippen LogP contribution >= 0.6 is 0 Å². The van der Waals surface area contributed by atoms with Crippen molar-refractivity contribution in [3.8, 4) is 56.4 Å². The van der Waals surface area contributed by atoms with Crippen LogP contribution < -0.4 is 0 Å². The van der Waals surface area contributed by atoms with Gasteiger partial charge in [-0.05, 0) is 68.8 Å². The van der Waals surface area contributed by atoms with Crippen molar-refractivity contribution in [1.29, 1.82) is 0 Å². The van der Waals surface area contributed by atoms with E-state index in [1.54, 1.807) is 0 Å². The first-order chi connectivity index (χ1) is 27.7. The number of benzene rings is 8. The monoisotopic (exact) mass is 715 g/mol. The minimum absolute atomic E-state index is 0.535. The van der Waals surface area contributed by atoms with Crippen LogP contribution in [-0.4, -0.2) is 15.0 Å². The van der Waals surface area contributed by atoms with Gasteiger partial charge in [0.15, 0.2) is 17.5 Å². The second-order valence-electron chi connectivity index (χ2n) is 14.3. The highest BCUT2D eigenvalue weighted by atomic mass is 16.3. The molecular formula is C52H33N3O. The molecule has 2 aromatic heterocycles. The molecule has 0 aliphatic heterocycles. The van der Waals surface area contributed by atoms with Gasteiger partial charge < -0.3 is 4.42 Å². The van der Waals surface area contributed by atoms with Crippen LogP contribution in [0.4, 0.5) is 0 Å². The molecule has 4 heteroatoms. The molecule has 1 aliphatic carbocycles. The molecule has 0 radical (unpaired) electrons. The first-order valence-electron chi connectivity index (χ1n) is 18.9. The molecular weight excluding hydrogens is 683 g/mol. The van der Waals surface area contributed by atoms with Crippen molar-refractivity contribution in [2.45, 2.75) is 5.41 Å². The van der Waals surface area contributed by atoms with E-state index in [2.05, 4.69) is 127 Å². The fourth-order valence-corrected chi connectivity index (χ4v) is 8.67. The van der Waals surface area contributed by atoms with E-state index in [0.29, 0.717) is 17.5 Å². The van der Waals surface area contributed by atoms with Crippen LogP contribution in [0.5, 0.6) is 0 Å². The molecule has 0 saturated carbocycles. The summed E-state index contributed by atoms with van der Waals surface area (Å²) in [5.41, 5.74) is 13.8. The number of nitrogens with zero attached hydrogens (tertiary/aromatic N) is 3. The third-order valence-electron chi connectivity index (χ3n) is 11.2. The van der Waals surface area contributed by atoms with Crippen LogP contribution in [0.25, 0.3) is 78.4 Å².